The van der Waals surface area contributed by atoms with Gasteiger partial charge in [0, 0.05) is 0 Å². The van der Waals surface area contributed by atoms with E-state index in [2.05, 4.69) is 6.92 Å². The minimum absolute atomic E-state index is 0.0186. The van der Waals surface area contributed by atoms with Crippen molar-refractivity contribution in [3.8, 4) is 0 Å². The van der Waals surface area contributed by atoms with Gasteiger partial charge in [0.25, 0.3) is 0 Å². The van der Waals surface area contributed by atoms with Crippen molar-refractivity contribution in [2.24, 2.45) is 35.0 Å². The van der Waals surface area contributed by atoms with Crippen LogP contribution in [0.15, 0.2) is 0 Å². The maximum Gasteiger partial charge on any atom is 0.0596 e. The van der Waals surface area contributed by atoms with Crippen LogP contribution in [0.25, 0.3) is 0 Å². The molecule has 8 atom stereocenters. The average molecular weight is 278 g/mol. The highest BCUT2D eigenvalue weighted by molar-refractivity contribution is 5.06. The van der Waals surface area contributed by atoms with Gasteiger partial charge >= 0.3 is 0 Å². The first-order valence-corrected chi connectivity index (χ1v) is 8.95. The zero-order chi connectivity index (χ0) is 13.9. The van der Waals surface area contributed by atoms with Crippen LogP contribution in [0, 0.1) is 35.0 Å². The highest BCUT2D eigenvalue weighted by Crippen LogP contribution is 2.62. The molecule has 7 unspecified atom stereocenters. The molecule has 0 aromatic rings. The van der Waals surface area contributed by atoms with Crippen molar-refractivity contribution in [1.29, 1.82) is 0 Å². The molecule has 4 aliphatic carbocycles. The second-order valence-corrected chi connectivity index (χ2v) is 8.54. The number of aliphatic hydroxyl groups is 2. The molecule has 0 radical (unpaired) electrons. The predicted octanol–water partition coefficient (Wildman–Crippen LogP) is 3.36. The van der Waals surface area contributed by atoms with Crippen molar-refractivity contribution in [1.82, 2.24) is 0 Å². The molecule has 2 N–H and O–H groups in total. The molecule has 0 bridgehead atoms. The molecule has 2 nitrogen and oxygen atoms in total. The molecular formula is C18H30O2. The maximum atomic E-state index is 10.4. The molecule has 0 aliphatic heterocycles. The van der Waals surface area contributed by atoms with Crippen molar-refractivity contribution in [2.75, 3.05) is 0 Å². The molecule has 4 aliphatic rings. The lowest BCUT2D eigenvalue weighted by molar-refractivity contribution is -0.0913. The van der Waals surface area contributed by atoms with Gasteiger partial charge in [0.2, 0.25) is 0 Å². The van der Waals surface area contributed by atoms with E-state index >= 15 is 0 Å². The summed E-state index contributed by atoms with van der Waals surface area (Å²) in [7, 11) is 0. The highest BCUT2D eigenvalue weighted by Gasteiger charge is 2.56. The van der Waals surface area contributed by atoms with E-state index in [-0.39, 0.29) is 17.6 Å². The van der Waals surface area contributed by atoms with Gasteiger partial charge in [-0.2, -0.15) is 0 Å². The van der Waals surface area contributed by atoms with E-state index in [1.165, 1.54) is 38.5 Å². The Balaban J connectivity index is 1.57. The molecule has 0 saturated heterocycles. The summed E-state index contributed by atoms with van der Waals surface area (Å²) in [6, 6.07) is 0. The van der Waals surface area contributed by atoms with Crippen LogP contribution in [-0.2, 0) is 0 Å². The summed E-state index contributed by atoms with van der Waals surface area (Å²) in [4.78, 5) is 0. The smallest absolute Gasteiger partial charge is 0.0596 e. The van der Waals surface area contributed by atoms with Gasteiger partial charge in [-0.1, -0.05) is 6.92 Å². The lowest BCUT2D eigenvalue weighted by atomic mass is 9.50. The first-order valence-electron chi connectivity index (χ1n) is 8.95. The van der Waals surface area contributed by atoms with Gasteiger partial charge in [0.15, 0.2) is 0 Å². The lowest BCUT2D eigenvalue weighted by Crippen LogP contribution is -2.49. The first kappa shape index (κ1) is 13.6. The van der Waals surface area contributed by atoms with E-state index in [0.29, 0.717) is 0 Å². The standard InChI is InChI=1S/C18H30O2/c1-18-9-8-14-13-5-3-12(19)10-11(13)2-4-15(14)16(18)6-7-17(18)20/h11-17,19-20H,2-10H2,1H3/t11?,12?,13?,14?,15?,16?,17?,18-/m0/s1. The van der Waals surface area contributed by atoms with Crippen LogP contribution < -0.4 is 0 Å². The number of rotatable bonds is 0. The van der Waals surface area contributed by atoms with Gasteiger partial charge in [-0.3, -0.25) is 0 Å². The SMILES string of the molecule is C[C@]12CCC3C4CCC(O)CC4CCC3C1CCC2O. The van der Waals surface area contributed by atoms with Crippen molar-refractivity contribution in [3.05, 3.63) is 0 Å². The Morgan fingerprint density at radius 1 is 0.800 bits per heavy atom. The van der Waals surface area contributed by atoms with Gasteiger partial charge < -0.3 is 10.2 Å². The van der Waals surface area contributed by atoms with Crippen LogP contribution in [0.2, 0.25) is 0 Å². The minimum atomic E-state index is -0.0423. The van der Waals surface area contributed by atoms with Crippen LogP contribution in [0.1, 0.15) is 64.7 Å². The number of hydrogen-bond donors (Lipinski definition) is 2. The fourth-order valence-corrected chi connectivity index (χ4v) is 6.80. The summed E-state index contributed by atoms with van der Waals surface area (Å²) in [5.74, 6) is 4.26. The van der Waals surface area contributed by atoms with Crippen molar-refractivity contribution < 1.29 is 10.2 Å². The van der Waals surface area contributed by atoms with Crippen LogP contribution in [-0.4, -0.2) is 22.4 Å². The van der Waals surface area contributed by atoms with E-state index < -0.39 is 0 Å². The topological polar surface area (TPSA) is 40.5 Å². The summed E-state index contributed by atoms with van der Waals surface area (Å²) in [5, 5.41) is 20.3. The fraction of sp³-hybridized carbons (Fsp3) is 1.00. The van der Waals surface area contributed by atoms with Crippen LogP contribution in [0.4, 0.5) is 0 Å². The molecule has 0 heterocycles. The number of aliphatic hydroxyl groups excluding tert-OH is 2. The van der Waals surface area contributed by atoms with Crippen LogP contribution >= 0.6 is 0 Å². The van der Waals surface area contributed by atoms with Crippen molar-refractivity contribution >= 4 is 0 Å². The third kappa shape index (κ3) is 1.83. The van der Waals surface area contributed by atoms with E-state index in [9.17, 15) is 10.2 Å². The Kier molecular flexibility index (Phi) is 3.20. The Labute approximate surface area is 123 Å². The monoisotopic (exact) mass is 278 g/mol. The quantitative estimate of drug-likeness (QED) is 0.713. The number of fused-ring (bicyclic) bond motifs is 5. The normalized spacial score (nSPS) is 58.6. The average Bonchev–Trinajstić information content (AvgIpc) is 2.74. The molecule has 20 heavy (non-hydrogen) atoms. The predicted molar refractivity (Wildman–Crippen MR) is 79.1 cm³/mol. The van der Waals surface area contributed by atoms with Crippen molar-refractivity contribution in [2.45, 2.75) is 76.9 Å². The molecule has 0 aromatic carbocycles. The zero-order valence-electron chi connectivity index (χ0n) is 12.8. The molecule has 114 valence electrons. The molecule has 0 aromatic heterocycles. The Bertz CT molecular complexity index is 382. The fourth-order valence-electron chi connectivity index (χ4n) is 6.80. The summed E-state index contributed by atoms with van der Waals surface area (Å²) < 4.78 is 0. The number of hydrogen-bond acceptors (Lipinski definition) is 2. The van der Waals surface area contributed by atoms with Gasteiger partial charge in [-0.25, -0.2) is 0 Å². The Morgan fingerprint density at radius 3 is 2.45 bits per heavy atom. The minimum Gasteiger partial charge on any atom is -0.393 e. The second kappa shape index (κ2) is 4.71. The largest absolute Gasteiger partial charge is 0.393 e. The third-order valence-electron chi connectivity index (χ3n) is 7.88. The highest BCUT2D eigenvalue weighted by atomic mass is 16.3. The summed E-state index contributed by atoms with van der Waals surface area (Å²) in [6.45, 7) is 2.36. The summed E-state index contributed by atoms with van der Waals surface area (Å²) in [5.41, 5.74) is 0.224. The van der Waals surface area contributed by atoms with E-state index in [1.54, 1.807) is 0 Å². The van der Waals surface area contributed by atoms with E-state index in [0.717, 1.165) is 48.9 Å². The molecule has 0 amide bonds. The van der Waals surface area contributed by atoms with Gasteiger partial charge in [0.05, 0.1) is 12.2 Å². The molecule has 4 rings (SSSR count). The van der Waals surface area contributed by atoms with E-state index in [1.807, 2.05) is 0 Å². The molecule has 4 fully saturated rings. The van der Waals surface area contributed by atoms with Crippen molar-refractivity contribution in [3.63, 3.8) is 0 Å². The van der Waals surface area contributed by atoms with Gasteiger partial charge in [-0.05, 0) is 92.8 Å². The van der Waals surface area contributed by atoms with Gasteiger partial charge in [0.1, 0.15) is 0 Å². The molecule has 2 heteroatoms. The second-order valence-electron chi connectivity index (χ2n) is 8.54. The molecule has 4 saturated carbocycles. The maximum absolute atomic E-state index is 10.4. The Morgan fingerprint density at radius 2 is 1.60 bits per heavy atom. The van der Waals surface area contributed by atoms with E-state index in [4.69, 9.17) is 0 Å². The summed E-state index contributed by atoms with van der Waals surface area (Å²) >= 11 is 0. The first-order chi connectivity index (χ1) is 9.59. The molecule has 0 spiro atoms. The molecular weight excluding hydrogens is 248 g/mol. The third-order valence-corrected chi connectivity index (χ3v) is 7.88. The van der Waals surface area contributed by atoms with Crippen LogP contribution in [0.5, 0.6) is 0 Å². The zero-order valence-corrected chi connectivity index (χ0v) is 12.8. The summed E-state index contributed by atoms with van der Waals surface area (Å²) in [6.07, 6.45) is 10.9. The van der Waals surface area contributed by atoms with Crippen LogP contribution in [0.3, 0.4) is 0 Å². The lowest BCUT2D eigenvalue weighted by Gasteiger charge is -2.55. The Hall–Kier alpha value is -0.0800. The van der Waals surface area contributed by atoms with Gasteiger partial charge in [-0.15, -0.1) is 0 Å².